The molecule has 0 aromatic heterocycles. The van der Waals surface area contributed by atoms with Crippen LogP contribution in [0.3, 0.4) is 0 Å². The van der Waals surface area contributed by atoms with Crippen LogP contribution in [0.5, 0.6) is 0 Å². The molecule has 2 aromatic carbocycles. The van der Waals surface area contributed by atoms with Crippen LogP contribution in [0, 0.1) is 11.3 Å². The first-order chi connectivity index (χ1) is 11.8. The van der Waals surface area contributed by atoms with E-state index in [2.05, 4.69) is 17.0 Å². The van der Waals surface area contributed by atoms with E-state index in [0.29, 0.717) is 11.1 Å². The number of carbonyl (C=O) groups is 1. The normalized spacial score (nSPS) is 14.5. The van der Waals surface area contributed by atoms with E-state index in [0.717, 1.165) is 31.9 Å². The third kappa shape index (κ3) is 3.89. The smallest absolute Gasteiger partial charge is 0.185 e. The van der Waals surface area contributed by atoms with Crippen LogP contribution in [0.15, 0.2) is 54.6 Å². The highest BCUT2D eigenvalue weighted by atomic mass is 16.5. The van der Waals surface area contributed by atoms with E-state index in [1.807, 2.05) is 24.3 Å². The van der Waals surface area contributed by atoms with E-state index < -0.39 is 0 Å². The molecule has 0 radical (unpaired) electrons. The summed E-state index contributed by atoms with van der Waals surface area (Å²) in [5.41, 5.74) is 3.28. The number of rotatable bonds is 4. The summed E-state index contributed by atoms with van der Waals surface area (Å²) in [7, 11) is 0. The maximum absolute atomic E-state index is 12.1. The maximum Gasteiger partial charge on any atom is 0.185 e. The van der Waals surface area contributed by atoms with Crippen molar-refractivity contribution in [2.45, 2.75) is 0 Å². The fraction of sp³-hybridized carbons (Fsp3) is 0.200. The molecular weight excluding hydrogens is 300 g/mol. The summed E-state index contributed by atoms with van der Waals surface area (Å²) in [4.78, 5) is 14.4. The minimum Gasteiger partial charge on any atom is -0.378 e. The molecule has 4 heteroatoms. The third-order valence-electron chi connectivity index (χ3n) is 3.99. The van der Waals surface area contributed by atoms with Crippen LogP contribution in [-0.4, -0.2) is 32.1 Å². The molecule has 1 saturated heterocycles. The molecule has 0 amide bonds. The molecule has 0 aliphatic carbocycles. The Morgan fingerprint density at radius 2 is 1.71 bits per heavy atom. The molecule has 0 bridgehead atoms. The van der Waals surface area contributed by atoms with Crippen molar-refractivity contribution in [2.24, 2.45) is 0 Å². The molecule has 1 aliphatic rings. The molecule has 3 rings (SSSR count). The summed E-state index contributed by atoms with van der Waals surface area (Å²) in [5, 5.41) is 8.78. The van der Waals surface area contributed by atoms with Crippen molar-refractivity contribution in [1.29, 1.82) is 5.26 Å². The highest BCUT2D eigenvalue weighted by Crippen LogP contribution is 2.17. The van der Waals surface area contributed by atoms with E-state index in [1.165, 1.54) is 5.69 Å². The van der Waals surface area contributed by atoms with Crippen LogP contribution in [0.4, 0.5) is 5.69 Å². The van der Waals surface area contributed by atoms with Gasteiger partial charge in [-0.3, -0.25) is 4.79 Å². The van der Waals surface area contributed by atoms with Crippen molar-refractivity contribution in [1.82, 2.24) is 0 Å². The lowest BCUT2D eigenvalue weighted by atomic mass is 10.1. The van der Waals surface area contributed by atoms with Crippen molar-refractivity contribution < 1.29 is 9.53 Å². The molecule has 1 fully saturated rings. The monoisotopic (exact) mass is 318 g/mol. The van der Waals surface area contributed by atoms with Crippen molar-refractivity contribution in [3.63, 3.8) is 0 Å². The van der Waals surface area contributed by atoms with Crippen LogP contribution in [0.1, 0.15) is 21.5 Å². The van der Waals surface area contributed by atoms with Gasteiger partial charge in [0.25, 0.3) is 0 Å². The summed E-state index contributed by atoms with van der Waals surface area (Å²) < 4.78 is 5.36. The van der Waals surface area contributed by atoms with Gasteiger partial charge in [-0.15, -0.1) is 0 Å². The van der Waals surface area contributed by atoms with Crippen molar-refractivity contribution in [3.05, 3.63) is 71.3 Å². The topological polar surface area (TPSA) is 53.3 Å². The molecule has 0 atom stereocenters. The first-order valence-corrected chi connectivity index (χ1v) is 7.91. The number of hydrogen-bond acceptors (Lipinski definition) is 4. The molecule has 0 saturated carbocycles. The largest absolute Gasteiger partial charge is 0.378 e. The lowest BCUT2D eigenvalue weighted by Crippen LogP contribution is -2.36. The zero-order valence-electron chi connectivity index (χ0n) is 13.3. The minimum absolute atomic E-state index is 0.0725. The first-order valence-electron chi connectivity index (χ1n) is 7.91. The third-order valence-corrected chi connectivity index (χ3v) is 3.99. The van der Waals surface area contributed by atoms with Gasteiger partial charge in [0.1, 0.15) is 0 Å². The number of nitrogens with zero attached hydrogens (tertiary/aromatic N) is 2. The van der Waals surface area contributed by atoms with Gasteiger partial charge in [-0.2, -0.15) is 5.26 Å². The Morgan fingerprint density at radius 1 is 1.04 bits per heavy atom. The Morgan fingerprint density at radius 3 is 2.33 bits per heavy atom. The fourth-order valence-electron chi connectivity index (χ4n) is 2.59. The van der Waals surface area contributed by atoms with Gasteiger partial charge in [0.15, 0.2) is 5.78 Å². The second-order valence-corrected chi connectivity index (χ2v) is 5.58. The molecule has 1 aliphatic heterocycles. The average molecular weight is 318 g/mol. The molecule has 2 aromatic rings. The average Bonchev–Trinajstić information content (AvgIpc) is 2.67. The standard InChI is InChI=1S/C20H18N2O2/c21-15-17-1-6-18(7-2-17)20(23)10-5-16-3-8-19(9-4-16)22-11-13-24-14-12-22/h1-10H,11-14H2. The van der Waals surface area contributed by atoms with Crippen LogP contribution in [-0.2, 0) is 4.74 Å². The predicted molar refractivity (Wildman–Crippen MR) is 94.0 cm³/mol. The molecule has 4 nitrogen and oxygen atoms in total. The molecule has 0 N–H and O–H groups in total. The Balaban J connectivity index is 1.65. The summed E-state index contributed by atoms with van der Waals surface area (Å²) in [6, 6.07) is 16.8. The van der Waals surface area contributed by atoms with Crippen molar-refractivity contribution >= 4 is 17.5 Å². The van der Waals surface area contributed by atoms with E-state index in [-0.39, 0.29) is 5.78 Å². The van der Waals surface area contributed by atoms with Gasteiger partial charge in [-0.25, -0.2) is 0 Å². The van der Waals surface area contributed by atoms with E-state index in [1.54, 1.807) is 30.3 Å². The van der Waals surface area contributed by atoms with Gasteiger partial charge in [0.2, 0.25) is 0 Å². The van der Waals surface area contributed by atoms with Crippen LogP contribution in [0.2, 0.25) is 0 Å². The quantitative estimate of drug-likeness (QED) is 0.641. The Hall–Kier alpha value is -2.90. The summed E-state index contributed by atoms with van der Waals surface area (Å²) >= 11 is 0. The van der Waals surface area contributed by atoms with Gasteiger partial charge in [-0.1, -0.05) is 18.2 Å². The lowest BCUT2D eigenvalue weighted by molar-refractivity contribution is 0.104. The second-order valence-electron chi connectivity index (χ2n) is 5.58. The minimum atomic E-state index is -0.0725. The lowest BCUT2D eigenvalue weighted by Gasteiger charge is -2.28. The van der Waals surface area contributed by atoms with Crippen LogP contribution in [0.25, 0.3) is 6.08 Å². The van der Waals surface area contributed by atoms with Gasteiger partial charge >= 0.3 is 0 Å². The highest BCUT2D eigenvalue weighted by molar-refractivity contribution is 6.06. The predicted octanol–water partition coefficient (Wildman–Crippen LogP) is 3.29. The number of anilines is 1. The maximum atomic E-state index is 12.1. The number of allylic oxidation sites excluding steroid dienone is 1. The van der Waals surface area contributed by atoms with E-state index >= 15 is 0 Å². The van der Waals surface area contributed by atoms with E-state index in [9.17, 15) is 4.79 Å². The molecule has 24 heavy (non-hydrogen) atoms. The summed E-state index contributed by atoms with van der Waals surface area (Å²) in [5.74, 6) is -0.0725. The fourth-order valence-corrected chi connectivity index (χ4v) is 2.59. The number of nitriles is 1. The van der Waals surface area contributed by atoms with Crippen molar-refractivity contribution in [2.75, 3.05) is 31.2 Å². The van der Waals surface area contributed by atoms with Gasteiger partial charge < -0.3 is 9.64 Å². The first kappa shape index (κ1) is 16.0. The highest BCUT2D eigenvalue weighted by Gasteiger charge is 2.10. The SMILES string of the molecule is N#Cc1ccc(C(=O)C=Cc2ccc(N3CCOCC3)cc2)cc1. The summed E-state index contributed by atoms with van der Waals surface area (Å²) in [6.45, 7) is 3.35. The molecule has 120 valence electrons. The van der Waals surface area contributed by atoms with Crippen LogP contribution < -0.4 is 4.90 Å². The zero-order valence-corrected chi connectivity index (χ0v) is 13.3. The number of hydrogen-bond donors (Lipinski definition) is 0. The number of benzene rings is 2. The molecule has 1 heterocycles. The molecule has 0 spiro atoms. The Bertz CT molecular complexity index is 765. The Kier molecular flexibility index (Phi) is 5.05. The number of morpholine rings is 1. The molecule has 0 unspecified atom stereocenters. The Labute approximate surface area is 141 Å². The van der Waals surface area contributed by atoms with Gasteiger partial charge in [0, 0.05) is 24.3 Å². The van der Waals surface area contributed by atoms with Crippen LogP contribution >= 0.6 is 0 Å². The van der Waals surface area contributed by atoms with Gasteiger partial charge in [0.05, 0.1) is 24.8 Å². The summed E-state index contributed by atoms with van der Waals surface area (Å²) in [6.07, 6.45) is 3.37. The van der Waals surface area contributed by atoms with Gasteiger partial charge in [-0.05, 0) is 48.0 Å². The second kappa shape index (κ2) is 7.58. The number of carbonyl (C=O) groups excluding carboxylic acids is 1. The van der Waals surface area contributed by atoms with E-state index in [4.69, 9.17) is 10.00 Å². The number of ether oxygens (including phenoxy) is 1. The molecular formula is C20H18N2O2. The van der Waals surface area contributed by atoms with Crippen molar-refractivity contribution in [3.8, 4) is 6.07 Å². The number of ketones is 1. The zero-order chi connectivity index (χ0) is 16.8.